The van der Waals surface area contributed by atoms with Crippen LogP contribution in [0.4, 0.5) is 11.4 Å². The lowest BCUT2D eigenvalue weighted by molar-refractivity contribution is -0.384. The number of ether oxygens (including phenoxy) is 3. The fourth-order valence-electron chi connectivity index (χ4n) is 3.58. The van der Waals surface area contributed by atoms with Gasteiger partial charge in [-0.25, -0.2) is 4.79 Å². The second-order valence-corrected chi connectivity index (χ2v) is 7.06. The summed E-state index contributed by atoms with van der Waals surface area (Å²) in [5.74, 6) is 1.16. The summed E-state index contributed by atoms with van der Waals surface area (Å²) in [7, 11) is 0. The van der Waals surface area contributed by atoms with Crippen LogP contribution in [0.1, 0.15) is 30.1 Å². The minimum atomic E-state index is -0.666. The number of carbonyl (C=O) groups is 1. The van der Waals surface area contributed by atoms with Gasteiger partial charge in [-0.1, -0.05) is 6.92 Å². The zero-order valence-corrected chi connectivity index (χ0v) is 15.4. The van der Waals surface area contributed by atoms with Crippen molar-refractivity contribution in [1.82, 2.24) is 0 Å². The van der Waals surface area contributed by atoms with Gasteiger partial charge >= 0.3 is 5.97 Å². The van der Waals surface area contributed by atoms with Crippen LogP contribution in [0.25, 0.3) is 0 Å². The summed E-state index contributed by atoms with van der Waals surface area (Å²) < 4.78 is 15.8. The molecule has 28 heavy (non-hydrogen) atoms. The highest BCUT2D eigenvalue weighted by Crippen LogP contribution is 2.36. The minimum absolute atomic E-state index is 0.0887. The molecule has 0 aliphatic carbocycles. The largest absolute Gasteiger partial charge is 0.454 e. The van der Waals surface area contributed by atoms with E-state index in [0.29, 0.717) is 23.1 Å². The number of rotatable bonds is 4. The number of carbonyl (C=O) groups excluding carboxylic acids is 1. The Balaban J connectivity index is 1.56. The fraction of sp³-hybridized carbons (Fsp3) is 0.350. The predicted octanol–water partition coefficient (Wildman–Crippen LogP) is 3.78. The van der Waals surface area contributed by atoms with Crippen molar-refractivity contribution < 1.29 is 23.9 Å². The number of nitro benzene ring substituents is 1. The zero-order chi connectivity index (χ0) is 19.7. The Labute approximate surface area is 161 Å². The molecule has 2 aromatic rings. The number of hydrogen-bond acceptors (Lipinski definition) is 7. The standard InChI is InChI=1S/C20H20N2O6/c1-13-3-2-8-21(11-13)16-6-4-14(9-17(16)22(24)25)20(23)28-15-5-7-18-19(10-15)27-12-26-18/h4-7,9-10,13H,2-3,8,11-12H2,1H3/t13-/m1/s1. The summed E-state index contributed by atoms with van der Waals surface area (Å²) in [6, 6.07) is 9.27. The third-order valence-corrected chi connectivity index (χ3v) is 4.96. The Kier molecular flexibility index (Phi) is 4.77. The first-order valence-corrected chi connectivity index (χ1v) is 9.16. The van der Waals surface area contributed by atoms with Gasteiger partial charge in [0, 0.05) is 25.2 Å². The van der Waals surface area contributed by atoms with E-state index >= 15 is 0 Å². The highest BCUT2D eigenvalue weighted by Gasteiger charge is 2.26. The summed E-state index contributed by atoms with van der Waals surface area (Å²) >= 11 is 0. The first-order chi connectivity index (χ1) is 13.5. The molecule has 0 amide bonds. The number of nitrogens with zero attached hydrogens (tertiary/aromatic N) is 2. The summed E-state index contributed by atoms with van der Waals surface area (Å²) in [6.07, 6.45) is 2.11. The lowest BCUT2D eigenvalue weighted by Crippen LogP contribution is -2.34. The van der Waals surface area contributed by atoms with Crippen LogP contribution < -0.4 is 19.1 Å². The molecule has 0 saturated carbocycles. The molecule has 0 N–H and O–H groups in total. The minimum Gasteiger partial charge on any atom is -0.454 e. The van der Waals surface area contributed by atoms with E-state index in [9.17, 15) is 14.9 Å². The number of nitro groups is 1. The number of benzene rings is 2. The van der Waals surface area contributed by atoms with E-state index in [1.165, 1.54) is 6.07 Å². The molecule has 2 aromatic carbocycles. The third kappa shape index (κ3) is 3.58. The number of hydrogen-bond donors (Lipinski definition) is 0. The average molecular weight is 384 g/mol. The fourth-order valence-corrected chi connectivity index (χ4v) is 3.58. The first kappa shape index (κ1) is 18.1. The van der Waals surface area contributed by atoms with E-state index < -0.39 is 10.9 Å². The van der Waals surface area contributed by atoms with E-state index in [0.717, 1.165) is 25.9 Å². The lowest BCUT2D eigenvalue weighted by Gasteiger charge is -2.32. The van der Waals surface area contributed by atoms with Crippen molar-refractivity contribution in [3.05, 3.63) is 52.1 Å². The van der Waals surface area contributed by atoms with Crippen LogP contribution in [0, 0.1) is 16.0 Å². The number of anilines is 1. The molecule has 0 bridgehead atoms. The molecule has 146 valence electrons. The topological polar surface area (TPSA) is 91.1 Å². The normalized spacial score (nSPS) is 18.0. The van der Waals surface area contributed by atoms with Crippen LogP contribution in [0.3, 0.4) is 0 Å². The average Bonchev–Trinajstić information content (AvgIpc) is 3.15. The summed E-state index contributed by atoms with van der Waals surface area (Å²) in [5.41, 5.74) is 0.573. The molecule has 2 aliphatic rings. The summed E-state index contributed by atoms with van der Waals surface area (Å²) in [5, 5.41) is 11.6. The highest BCUT2D eigenvalue weighted by molar-refractivity contribution is 5.93. The molecule has 0 aromatic heterocycles. The van der Waals surface area contributed by atoms with Crippen LogP contribution >= 0.6 is 0 Å². The maximum atomic E-state index is 12.5. The van der Waals surface area contributed by atoms with Crippen molar-refractivity contribution in [3.63, 3.8) is 0 Å². The molecule has 2 heterocycles. The van der Waals surface area contributed by atoms with Gasteiger partial charge in [-0.3, -0.25) is 10.1 Å². The molecule has 0 unspecified atom stereocenters. The van der Waals surface area contributed by atoms with Crippen molar-refractivity contribution in [3.8, 4) is 17.2 Å². The van der Waals surface area contributed by atoms with Gasteiger partial charge < -0.3 is 19.1 Å². The monoisotopic (exact) mass is 384 g/mol. The van der Waals surface area contributed by atoms with Crippen molar-refractivity contribution in [2.75, 3.05) is 24.8 Å². The van der Waals surface area contributed by atoms with E-state index in [2.05, 4.69) is 6.92 Å². The van der Waals surface area contributed by atoms with Gasteiger partial charge in [0.2, 0.25) is 6.79 Å². The number of fused-ring (bicyclic) bond motifs is 1. The Morgan fingerprint density at radius 3 is 2.82 bits per heavy atom. The molecular formula is C20H20N2O6. The van der Waals surface area contributed by atoms with Gasteiger partial charge in [0.25, 0.3) is 5.69 Å². The van der Waals surface area contributed by atoms with Gasteiger partial charge in [0.05, 0.1) is 10.5 Å². The molecule has 1 fully saturated rings. The van der Waals surface area contributed by atoms with E-state index in [-0.39, 0.29) is 23.8 Å². The van der Waals surface area contributed by atoms with Crippen molar-refractivity contribution >= 4 is 17.3 Å². The molecule has 4 rings (SSSR count). The van der Waals surface area contributed by atoms with Gasteiger partial charge in [0.1, 0.15) is 11.4 Å². The van der Waals surface area contributed by atoms with E-state index in [1.54, 1.807) is 30.3 Å². The van der Waals surface area contributed by atoms with Gasteiger partial charge in [-0.05, 0) is 43.0 Å². The smallest absolute Gasteiger partial charge is 0.343 e. The number of esters is 1. The van der Waals surface area contributed by atoms with Gasteiger partial charge in [0.15, 0.2) is 11.5 Å². The molecule has 0 radical (unpaired) electrons. The quantitative estimate of drug-likeness (QED) is 0.343. The van der Waals surface area contributed by atoms with Gasteiger partial charge in [-0.15, -0.1) is 0 Å². The SMILES string of the molecule is C[C@@H]1CCCN(c2ccc(C(=O)Oc3ccc4c(c3)OCO4)cc2[N+](=O)[O-])C1. The summed E-state index contributed by atoms with van der Waals surface area (Å²) in [6.45, 7) is 3.79. The predicted molar refractivity (Wildman–Crippen MR) is 101 cm³/mol. The van der Waals surface area contributed by atoms with Crippen LogP contribution in [0.15, 0.2) is 36.4 Å². The molecule has 8 heteroatoms. The molecular weight excluding hydrogens is 364 g/mol. The molecule has 1 saturated heterocycles. The van der Waals surface area contributed by atoms with Crippen LogP contribution in [0.5, 0.6) is 17.2 Å². The second-order valence-electron chi connectivity index (χ2n) is 7.06. The van der Waals surface area contributed by atoms with Gasteiger partial charge in [-0.2, -0.15) is 0 Å². The molecule has 0 spiro atoms. The Bertz CT molecular complexity index is 929. The third-order valence-electron chi connectivity index (χ3n) is 4.96. The molecule has 1 atom stereocenters. The van der Waals surface area contributed by atoms with Crippen molar-refractivity contribution in [2.45, 2.75) is 19.8 Å². The van der Waals surface area contributed by atoms with E-state index in [4.69, 9.17) is 14.2 Å². The maximum absolute atomic E-state index is 12.5. The van der Waals surface area contributed by atoms with Crippen LogP contribution in [-0.2, 0) is 0 Å². The summed E-state index contributed by atoms with van der Waals surface area (Å²) in [4.78, 5) is 25.7. The number of piperidine rings is 1. The Hall–Kier alpha value is -3.29. The van der Waals surface area contributed by atoms with E-state index in [1.807, 2.05) is 4.90 Å². The zero-order valence-electron chi connectivity index (χ0n) is 15.4. The first-order valence-electron chi connectivity index (χ1n) is 9.16. The second kappa shape index (κ2) is 7.38. The van der Waals surface area contributed by atoms with Crippen LogP contribution in [-0.4, -0.2) is 30.8 Å². The molecule has 2 aliphatic heterocycles. The van der Waals surface area contributed by atoms with Crippen molar-refractivity contribution in [2.24, 2.45) is 5.92 Å². The maximum Gasteiger partial charge on any atom is 0.343 e. The van der Waals surface area contributed by atoms with Crippen molar-refractivity contribution in [1.29, 1.82) is 0 Å². The Morgan fingerprint density at radius 2 is 2.04 bits per heavy atom. The highest BCUT2D eigenvalue weighted by atomic mass is 16.7. The lowest BCUT2D eigenvalue weighted by atomic mass is 9.99. The van der Waals surface area contributed by atoms with Crippen LogP contribution in [0.2, 0.25) is 0 Å². The Morgan fingerprint density at radius 1 is 1.21 bits per heavy atom. The molecule has 8 nitrogen and oxygen atoms in total.